The lowest BCUT2D eigenvalue weighted by molar-refractivity contribution is -0.138. The van der Waals surface area contributed by atoms with Crippen LogP contribution in [0.15, 0.2) is 48.5 Å². The maximum Gasteiger partial charge on any atom is 0.240 e. The van der Waals surface area contributed by atoms with Gasteiger partial charge in [-0.3, -0.25) is 9.59 Å². The van der Waals surface area contributed by atoms with E-state index in [-0.39, 0.29) is 18.7 Å². The number of halogens is 1. The monoisotopic (exact) mass is 314 g/mol. The summed E-state index contributed by atoms with van der Waals surface area (Å²) in [6.45, 7) is 0. The molecule has 0 saturated carbocycles. The first kappa shape index (κ1) is 14.6. The van der Waals surface area contributed by atoms with Crippen LogP contribution in [0.25, 0.3) is 0 Å². The van der Waals surface area contributed by atoms with Crippen molar-refractivity contribution < 1.29 is 9.59 Å². The van der Waals surface area contributed by atoms with Gasteiger partial charge in [-0.25, -0.2) is 0 Å². The zero-order chi connectivity index (χ0) is 15.7. The number of carbonyl (C=O) groups excluding carboxylic acids is 2. The maximum atomic E-state index is 12.6. The SMILES string of the molecule is NC(=O)C1(Cc2ccccc2)Cc2cc(Cl)ccc2NC1=O. The second kappa shape index (κ2) is 5.46. The molecule has 0 radical (unpaired) electrons. The third-order valence-corrected chi connectivity index (χ3v) is 4.30. The summed E-state index contributed by atoms with van der Waals surface area (Å²) in [7, 11) is 0. The van der Waals surface area contributed by atoms with Gasteiger partial charge < -0.3 is 11.1 Å². The Morgan fingerprint density at radius 2 is 1.95 bits per heavy atom. The fourth-order valence-electron chi connectivity index (χ4n) is 2.85. The number of amides is 2. The van der Waals surface area contributed by atoms with Crippen molar-refractivity contribution in [3.63, 3.8) is 0 Å². The Hall–Kier alpha value is -2.33. The van der Waals surface area contributed by atoms with Gasteiger partial charge in [0.05, 0.1) is 0 Å². The van der Waals surface area contributed by atoms with Crippen LogP contribution in [0.4, 0.5) is 5.69 Å². The largest absolute Gasteiger partial charge is 0.369 e. The van der Waals surface area contributed by atoms with Crippen LogP contribution in [-0.2, 0) is 22.4 Å². The summed E-state index contributed by atoms with van der Waals surface area (Å²) in [5.41, 5.74) is 6.70. The zero-order valence-corrected chi connectivity index (χ0v) is 12.6. The van der Waals surface area contributed by atoms with Crippen LogP contribution < -0.4 is 11.1 Å². The molecule has 5 heteroatoms. The highest BCUT2D eigenvalue weighted by Crippen LogP contribution is 2.37. The highest BCUT2D eigenvalue weighted by Gasteiger charge is 2.47. The molecule has 0 saturated heterocycles. The average molecular weight is 315 g/mol. The van der Waals surface area contributed by atoms with E-state index in [2.05, 4.69) is 5.32 Å². The van der Waals surface area contributed by atoms with Gasteiger partial charge in [-0.05, 0) is 42.2 Å². The van der Waals surface area contributed by atoms with Crippen LogP contribution in [0.1, 0.15) is 11.1 Å². The number of carbonyl (C=O) groups is 2. The van der Waals surface area contributed by atoms with E-state index in [0.717, 1.165) is 11.1 Å². The minimum atomic E-state index is -1.29. The molecule has 0 fully saturated rings. The average Bonchev–Trinajstić information content (AvgIpc) is 2.49. The first-order chi connectivity index (χ1) is 10.5. The van der Waals surface area contributed by atoms with E-state index in [1.807, 2.05) is 30.3 Å². The van der Waals surface area contributed by atoms with Crippen LogP contribution in [-0.4, -0.2) is 11.8 Å². The number of anilines is 1. The summed E-state index contributed by atoms with van der Waals surface area (Å²) in [5.74, 6) is -0.988. The molecule has 1 aliphatic heterocycles. The van der Waals surface area contributed by atoms with Gasteiger partial charge in [-0.2, -0.15) is 0 Å². The van der Waals surface area contributed by atoms with Crippen molar-refractivity contribution in [2.24, 2.45) is 11.1 Å². The molecule has 2 amide bonds. The van der Waals surface area contributed by atoms with Gasteiger partial charge in [0.1, 0.15) is 5.41 Å². The maximum absolute atomic E-state index is 12.6. The predicted octanol–water partition coefficient (Wildman–Crippen LogP) is 2.55. The number of primary amides is 1. The van der Waals surface area contributed by atoms with E-state index in [1.165, 1.54) is 0 Å². The van der Waals surface area contributed by atoms with Crippen molar-refractivity contribution in [1.82, 2.24) is 0 Å². The molecule has 3 rings (SSSR count). The second-order valence-corrected chi connectivity index (χ2v) is 5.98. The molecule has 112 valence electrons. The standard InChI is InChI=1S/C17H15ClN2O2/c18-13-6-7-14-12(8-13)10-17(15(19)21,16(22)20-14)9-11-4-2-1-3-5-11/h1-8H,9-10H2,(H2,19,21)(H,20,22). The zero-order valence-electron chi connectivity index (χ0n) is 11.8. The van der Waals surface area contributed by atoms with Crippen molar-refractivity contribution in [2.75, 3.05) is 5.32 Å². The van der Waals surface area contributed by atoms with E-state index in [9.17, 15) is 9.59 Å². The third kappa shape index (κ3) is 2.46. The van der Waals surface area contributed by atoms with Gasteiger partial charge in [0.2, 0.25) is 11.8 Å². The minimum Gasteiger partial charge on any atom is -0.369 e. The number of hydrogen-bond acceptors (Lipinski definition) is 2. The molecule has 4 nitrogen and oxygen atoms in total. The number of benzene rings is 2. The van der Waals surface area contributed by atoms with Gasteiger partial charge in [-0.15, -0.1) is 0 Å². The van der Waals surface area contributed by atoms with E-state index < -0.39 is 11.3 Å². The van der Waals surface area contributed by atoms with Gasteiger partial charge in [-0.1, -0.05) is 41.9 Å². The smallest absolute Gasteiger partial charge is 0.240 e. The van der Waals surface area contributed by atoms with Crippen LogP contribution >= 0.6 is 11.6 Å². The Morgan fingerprint density at radius 3 is 2.64 bits per heavy atom. The van der Waals surface area contributed by atoms with Crippen molar-refractivity contribution in [2.45, 2.75) is 12.8 Å². The van der Waals surface area contributed by atoms with E-state index in [4.69, 9.17) is 17.3 Å². The Morgan fingerprint density at radius 1 is 1.23 bits per heavy atom. The number of nitrogens with two attached hydrogens (primary N) is 1. The minimum absolute atomic E-state index is 0.249. The quantitative estimate of drug-likeness (QED) is 0.855. The molecule has 3 N–H and O–H groups in total. The van der Waals surface area contributed by atoms with Crippen molar-refractivity contribution in [3.8, 4) is 0 Å². The van der Waals surface area contributed by atoms with Crippen LogP contribution in [0.5, 0.6) is 0 Å². The van der Waals surface area contributed by atoms with Crippen molar-refractivity contribution in [3.05, 3.63) is 64.7 Å². The van der Waals surface area contributed by atoms with Crippen LogP contribution in [0, 0.1) is 5.41 Å². The molecule has 0 aromatic heterocycles. The van der Waals surface area contributed by atoms with E-state index in [1.54, 1.807) is 18.2 Å². The summed E-state index contributed by atoms with van der Waals surface area (Å²) < 4.78 is 0. The normalized spacial score (nSPS) is 20.1. The van der Waals surface area contributed by atoms with Crippen LogP contribution in [0.3, 0.4) is 0 Å². The van der Waals surface area contributed by atoms with Gasteiger partial charge in [0.25, 0.3) is 0 Å². The fourth-order valence-corrected chi connectivity index (χ4v) is 3.05. The summed E-state index contributed by atoms with van der Waals surface area (Å²) in [5, 5.41) is 3.34. The molecule has 2 aromatic carbocycles. The lowest BCUT2D eigenvalue weighted by Gasteiger charge is -2.34. The Balaban J connectivity index is 2.04. The number of hydrogen-bond donors (Lipinski definition) is 2. The highest BCUT2D eigenvalue weighted by atomic mass is 35.5. The second-order valence-electron chi connectivity index (χ2n) is 5.54. The first-order valence-corrected chi connectivity index (χ1v) is 7.33. The number of fused-ring (bicyclic) bond motifs is 1. The van der Waals surface area contributed by atoms with Gasteiger partial charge in [0, 0.05) is 10.7 Å². The van der Waals surface area contributed by atoms with Gasteiger partial charge in [0.15, 0.2) is 0 Å². The van der Waals surface area contributed by atoms with E-state index in [0.29, 0.717) is 10.7 Å². The summed E-state index contributed by atoms with van der Waals surface area (Å²) in [6, 6.07) is 14.6. The molecule has 1 atom stereocenters. The fraction of sp³-hybridized carbons (Fsp3) is 0.176. The topological polar surface area (TPSA) is 72.2 Å². The van der Waals surface area contributed by atoms with Crippen molar-refractivity contribution >= 4 is 29.1 Å². The molecule has 1 aliphatic rings. The molecule has 0 aliphatic carbocycles. The lowest BCUT2D eigenvalue weighted by atomic mass is 9.72. The molecule has 1 heterocycles. The molecule has 2 aromatic rings. The summed E-state index contributed by atoms with van der Waals surface area (Å²) in [4.78, 5) is 24.7. The van der Waals surface area contributed by atoms with Crippen LogP contribution in [0.2, 0.25) is 5.02 Å². The third-order valence-electron chi connectivity index (χ3n) is 4.06. The molecule has 1 unspecified atom stereocenters. The Bertz CT molecular complexity index is 746. The number of rotatable bonds is 3. The molecule has 0 spiro atoms. The van der Waals surface area contributed by atoms with E-state index >= 15 is 0 Å². The summed E-state index contributed by atoms with van der Waals surface area (Å²) in [6.07, 6.45) is 0.514. The molecular weight excluding hydrogens is 300 g/mol. The van der Waals surface area contributed by atoms with Gasteiger partial charge >= 0.3 is 0 Å². The first-order valence-electron chi connectivity index (χ1n) is 6.95. The lowest BCUT2D eigenvalue weighted by Crippen LogP contribution is -2.52. The van der Waals surface area contributed by atoms with Crippen molar-refractivity contribution in [1.29, 1.82) is 0 Å². The predicted molar refractivity (Wildman–Crippen MR) is 85.6 cm³/mol. The highest BCUT2D eigenvalue weighted by molar-refractivity contribution is 6.30. The Kier molecular flexibility index (Phi) is 3.62. The molecular formula is C17H15ClN2O2. The molecule has 0 bridgehead atoms. The number of nitrogens with one attached hydrogen (secondary N) is 1. The summed E-state index contributed by atoms with van der Waals surface area (Å²) >= 11 is 6.02. The molecule has 22 heavy (non-hydrogen) atoms. The Labute approximate surface area is 133 Å².